The number of rotatable bonds is 4. The van der Waals surface area contributed by atoms with Gasteiger partial charge in [-0.2, -0.15) is 4.98 Å². The molecule has 0 amide bonds. The first-order valence-electron chi connectivity index (χ1n) is 14.6. The first-order valence-corrected chi connectivity index (χ1v) is 14.6. The van der Waals surface area contributed by atoms with E-state index in [1.165, 1.54) is 0 Å². The van der Waals surface area contributed by atoms with Gasteiger partial charge in [-0.3, -0.25) is 9.13 Å². The summed E-state index contributed by atoms with van der Waals surface area (Å²) in [6.07, 6.45) is 1.60. The average molecular weight is 565 g/mol. The third-order valence-corrected chi connectivity index (χ3v) is 8.29. The predicted octanol–water partition coefficient (Wildman–Crippen LogP) is 8.79. The lowest BCUT2D eigenvalue weighted by Gasteiger charge is -2.12. The van der Waals surface area contributed by atoms with Crippen LogP contribution in [0.25, 0.3) is 78.0 Å². The van der Waals surface area contributed by atoms with Crippen molar-refractivity contribution >= 4 is 43.6 Å². The van der Waals surface area contributed by atoms with Crippen LogP contribution in [0.3, 0.4) is 0 Å². The molecule has 0 unspecified atom stereocenters. The molecule has 5 aromatic carbocycles. The maximum Gasteiger partial charge on any atom is 0.238 e. The summed E-state index contributed by atoms with van der Waals surface area (Å²) in [7, 11) is 0. The maximum absolute atomic E-state index is 5.22. The van der Waals surface area contributed by atoms with E-state index in [1.807, 2.05) is 48.5 Å². The summed E-state index contributed by atoms with van der Waals surface area (Å²) < 4.78 is 4.46. The number of para-hydroxylation sites is 2. The summed E-state index contributed by atoms with van der Waals surface area (Å²) in [4.78, 5) is 19.5. The molecule has 44 heavy (non-hydrogen) atoms. The van der Waals surface area contributed by atoms with E-state index < -0.39 is 0 Å². The molecule has 0 saturated carbocycles. The second-order valence-electron chi connectivity index (χ2n) is 10.8. The van der Waals surface area contributed by atoms with Gasteiger partial charge < -0.3 is 0 Å². The Balaban J connectivity index is 1.42. The van der Waals surface area contributed by atoms with E-state index in [2.05, 4.69) is 105 Å². The molecule has 0 spiro atoms. The number of pyridine rings is 1. The third-order valence-electron chi connectivity index (χ3n) is 8.29. The van der Waals surface area contributed by atoms with Gasteiger partial charge in [0.25, 0.3) is 0 Å². The van der Waals surface area contributed by atoms with Gasteiger partial charge in [-0.25, -0.2) is 15.0 Å². The highest BCUT2D eigenvalue weighted by molar-refractivity contribution is 6.23. The van der Waals surface area contributed by atoms with Gasteiger partial charge in [0.05, 0.1) is 27.8 Å². The summed E-state index contributed by atoms with van der Waals surface area (Å²) in [5, 5.41) is 4.56. The van der Waals surface area contributed by atoms with Crippen LogP contribution in [-0.2, 0) is 0 Å². The van der Waals surface area contributed by atoms with Crippen LogP contribution in [0.2, 0.25) is 0 Å². The predicted molar refractivity (Wildman–Crippen MR) is 177 cm³/mol. The summed E-state index contributed by atoms with van der Waals surface area (Å²) in [6, 6.07) is 48.0. The molecule has 4 aromatic heterocycles. The number of nitrogens with zero attached hydrogens (tertiary/aromatic N) is 6. The Morgan fingerprint density at radius 2 is 1.00 bits per heavy atom. The molecule has 4 heterocycles. The number of hydrogen-bond donors (Lipinski definition) is 0. The molecule has 0 aliphatic rings. The Kier molecular flexibility index (Phi) is 5.40. The van der Waals surface area contributed by atoms with Gasteiger partial charge in [0.2, 0.25) is 5.95 Å². The summed E-state index contributed by atoms with van der Waals surface area (Å²) in [5.41, 5.74) is 7.14. The van der Waals surface area contributed by atoms with Gasteiger partial charge >= 0.3 is 0 Å². The molecule has 0 fully saturated rings. The molecule has 0 bridgehead atoms. The molecule has 0 atom stereocenters. The van der Waals surface area contributed by atoms with Gasteiger partial charge in [-0.05, 0) is 24.3 Å². The third kappa shape index (κ3) is 3.68. The van der Waals surface area contributed by atoms with Gasteiger partial charge in [-0.1, -0.05) is 115 Å². The Morgan fingerprint density at radius 3 is 1.70 bits per heavy atom. The lowest BCUT2D eigenvalue weighted by molar-refractivity contribution is 0.946. The topological polar surface area (TPSA) is 61.4 Å². The number of aromatic nitrogens is 6. The van der Waals surface area contributed by atoms with Crippen molar-refractivity contribution in [1.29, 1.82) is 0 Å². The Bertz CT molecular complexity index is 2320. The van der Waals surface area contributed by atoms with Gasteiger partial charge in [-0.15, -0.1) is 0 Å². The second-order valence-corrected chi connectivity index (χ2v) is 10.8. The van der Waals surface area contributed by atoms with Crippen molar-refractivity contribution in [1.82, 2.24) is 29.1 Å². The molecule has 0 aliphatic carbocycles. The summed E-state index contributed by atoms with van der Waals surface area (Å²) >= 11 is 0. The highest BCUT2D eigenvalue weighted by Crippen LogP contribution is 2.41. The SMILES string of the molecule is c1ccc(-c2cccc(-n3c4ccccc4c4ccc5c6ccccc6n(-c6ncnc(-c7ccccc7)n6)c5c43)n2)cc1. The molecule has 6 nitrogen and oxygen atoms in total. The second kappa shape index (κ2) is 9.71. The molecule has 9 aromatic rings. The lowest BCUT2D eigenvalue weighted by Crippen LogP contribution is -2.05. The molecular weight excluding hydrogens is 540 g/mol. The molecule has 9 rings (SSSR count). The van der Waals surface area contributed by atoms with Crippen molar-refractivity contribution in [3.63, 3.8) is 0 Å². The van der Waals surface area contributed by atoms with E-state index in [4.69, 9.17) is 15.0 Å². The van der Waals surface area contributed by atoms with Crippen molar-refractivity contribution in [2.75, 3.05) is 0 Å². The van der Waals surface area contributed by atoms with Crippen LogP contribution in [0.1, 0.15) is 0 Å². The normalized spacial score (nSPS) is 11.6. The highest BCUT2D eigenvalue weighted by atomic mass is 15.2. The Hall–Kier alpha value is -6.14. The first-order chi connectivity index (χ1) is 21.8. The van der Waals surface area contributed by atoms with E-state index in [9.17, 15) is 0 Å². The van der Waals surface area contributed by atoms with E-state index in [0.717, 1.165) is 66.3 Å². The van der Waals surface area contributed by atoms with Crippen LogP contribution in [0.4, 0.5) is 0 Å². The van der Waals surface area contributed by atoms with Crippen molar-refractivity contribution < 1.29 is 0 Å². The van der Waals surface area contributed by atoms with Crippen LogP contribution in [0.15, 0.2) is 146 Å². The van der Waals surface area contributed by atoms with Crippen LogP contribution >= 0.6 is 0 Å². The Morgan fingerprint density at radius 1 is 0.409 bits per heavy atom. The highest BCUT2D eigenvalue weighted by Gasteiger charge is 2.22. The zero-order chi connectivity index (χ0) is 29.0. The zero-order valence-electron chi connectivity index (χ0n) is 23.5. The van der Waals surface area contributed by atoms with Gasteiger partial charge in [0, 0.05) is 32.7 Å². The lowest BCUT2D eigenvalue weighted by atomic mass is 10.1. The van der Waals surface area contributed by atoms with Crippen molar-refractivity contribution in [3.05, 3.63) is 146 Å². The minimum Gasteiger partial charge on any atom is -0.292 e. The van der Waals surface area contributed by atoms with Crippen molar-refractivity contribution in [2.24, 2.45) is 0 Å². The van der Waals surface area contributed by atoms with E-state index >= 15 is 0 Å². The molecule has 0 aliphatic heterocycles. The number of hydrogen-bond acceptors (Lipinski definition) is 4. The molecule has 206 valence electrons. The summed E-state index contributed by atoms with van der Waals surface area (Å²) in [6.45, 7) is 0. The number of benzene rings is 5. The molecule has 0 radical (unpaired) electrons. The fourth-order valence-corrected chi connectivity index (χ4v) is 6.39. The van der Waals surface area contributed by atoms with E-state index in [0.29, 0.717) is 11.8 Å². The first kappa shape index (κ1) is 24.5. The Labute approximate surface area is 252 Å². The van der Waals surface area contributed by atoms with E-state index in [-0.39, 0.29) is 0 Å². The van der Waals surface area contributed by atoms with Crippen LogP contribution < -0.4 is 0 Å². The fourth-order valence-electron chi connectivity index (χ4n) is 6.39. The zero-order valence-corrected chi connectivity index (χ0v) is 23.5. The van der Waals surface area contributed by atoms with Gasteiger partial charge in [0.15, 0.2) is 5.82 Å². The van der Waals surface area contributed by atoms with Crippen molar-refractivity contribution in [2.45, 2.75) is 0 Å². The minimum atomic E-state index is 0.570. The largest absolute Gasteiger partial charge is 0.292 e. The van der Waals surface area contributed by atoms with Crippen molar-refractivity contribution in [3.8, 4) is 34.4 Å². The average Bonchev–Trinajstić information content (AvgIpc) is 3.62. The minimum absolute atomic E-state index is 0.570. The number of fused-ring (bicyclic) bond motifs is 7. The van der Waals surface area contributed by atoms with Crippen LogP contribution in [0, 0.1) is 0 Å². The molecule has 0 saturated heterocycles. The molecule has 6 heteroatoms. The van der Waals surface area contributed by atoms with Gasteiger partial charge in [0.1, 0.15) is 12.1 Å². The smallest absolute Gasteiger partial charge is 0.238 e. The standard InChI is InChI=1S/C38H24N6/c1-3-12-25(13-4-1)31-18-11-21-34(41-31)43-32-19-9-7-16-27(32)29-22-23-30-28-17-8-10-20-33(28)44(36(30)35(29)43)38-40-24-39-37(42-38)26-14-5-2-6-15-26/h1-24H. The van der Waals surface area contributed by atoms with Crippen LogP contribution in [0.5, 0.6) is 0 Å². The maximum atomic E-state index is 5.22. The van der Waals surface area contributed by atoms with E-state index in [1.54, 1.807) is 6.33 Å². The van der Waals surface area contributed by atoms with Crippen LogP contribution in [-0.4, -0.2) is 29.1 Å². The molecule has 0 N–H and O–H groups in total. The quantitative estimate of drug-likeness (QED) is 0.214. The molecular formula is C38H24N6. The monoisotopic (exact) mass is 564 g/mol. The fraction of sp³-hybridized carbons (Fsp3) is 0. The summed E-state index contributed by atoms with van der Waals surface area (Å²) in [5.74, 6) is 2.05.